The van der Waals surface area contributed by atoms with Crippen molar-refractivity contribution >= 4 is 17.3 Å². The molecule has 0 saturated heterocycles. The lowest BCUT2D eigenvalue weighted by molar-refractivity contribution is -0.110. The molecule has 3 aromatic rings. The third-order valence-corrected chi connectivity index (χ3v) is 3.67. The maximum absolute atomic E-state index is 11.0. The number of carbonyl (C=O) groups excluding carboxylic acids is 1. The Hall–Kier alpha value is -2.75. The molecule has 1 atom stereocenters. The molecule has 1 amide bonds. The number of para-hydroxylation sites is 1. The number of hydrogen-bond donors (Lipinski definition) is 1. The Bertz CT molecular complexity index is 787. The minimum absolute atomic E-state index is 0.233. The van der Waals surface area contributed by atoms with Crippen molar-refractivity contribution in [3.63, 3.8) is 0 Å². The quantitative estimate of drug-likeness (QED) is 0.735. The van der Waals surface area contributed by atoms with Gasteiger partial charge in [-0.15, -0.1) is 0 Å². The number of aryl methyl sites for hydroxylation is 1. The van der Waals surface area contributed by atoms with Gasteiger partial charge in [0.15, 0.2) is 5.82 Å². The van der Waals surface area contributed by atoms with Crippen LogP contribution in [0.15, 0.2) is 54.6 Å². The van der Waals surface area contributed by atoms with E-state index in [2.05, 4.69) is 15.3 Å². The summed E-state index contributed by atoms with van der Waals surface area (Å²) < 4.78 is 0. The predicted octanol–water partition coefficient (Wildman–Crippen LogP) is 2.97. The number of amides is 1. The van der Waals surface area contributed by atoms with Gasteiger partial charge < -0.3 is 5.32 Å². The van der Waals surface area contributed by atoms with Gasteiger partial charge in [-0.25, -0.2) is 9.97 Å². The number of fused-ring (bicyclic) bond motifs is 1. The van der Waals surface area contributed by atoms with Crippen LogP contribution >= 0.6 is 0 Å². The van der Waals surface area contributed by atoms with Gasteiger partial charge in [0, 0.05) is 11.1 Å². The number of nitrogens with one attached hydrogen (secondary N) is 1. The molecule has 22 heavy (non-hydrogen) atoms. The zero-order valence-electron chi connectivity index (χ0n) is 12.4. The first-order valence-corrected chi connectivity index (χ1v) is 7.25. The van der Waals surface area contributed by atoms with Crippen molar-refractivity contribution in [2.75, 3.05) is 0 Å². The van der Waals surface area contributed by atoms with Gasteiger partial charge in [-0.1, -0.05) is 48.5 Å². The van der Waals surface area contributed by atoms with E-state index in [9.17, 15) is 4.79 Å². The smallest absolute Gasteiger partial charge is 0.207 e. The minimum Gasteiger partial charge on any atom is -0.348 e. The SMILES string of the molecule is Cc1nc(C(Cc2ccccc2)NC=O)nc2ccccc12. The van der Waals surface area contributed by atoms with Crippen LogP contribution in [0.25, 0.3) is 10.9 Å². The summed E-state index contributed by atoms with van der Waals surface area (Å²) in [6, 6.07) is 17.7. The van der Waals surface area contributed by atoms with Crippen molar-refractivity contribution in [3.8, 4) is 0 Å². The summed E-state index contributed by atoms with van der Waals surface area (Å²) in [5.41, 5.74) is 2.96. The molecule has 0 radical (unpaired) electrons. The van der Waals surface area contributed by atoms with E-state index in [1.165, 1.54) is 0 Å². The molecule has 1 aromatic heterocycles. The molecule has 0 saturated carbocycles. The Morgan fingerprint density at radius 2 is 1.77 bits per heavy atom. The van der Waals surface area contributed by atoms with E-state index in [-0.39, 0.29) is 6.04 Å². The van der Waals surface area contributed by atoms with Crippen molar-refractivity contribution in [3.05, 3.63) is 71.7 Å². The third-order valence-electron chi connectivity index (χ3n) is 3.67. The molecule has 0 aliphatic rings. The van der Waals surface area contributed by atoms with Crippen LogP contribution in [-0.4, -0.2) is 16.4 Å². The molecule has 1 N–H and O–H groups in total. The van der Waals surface area contributed by atoms with Gasteiger partial charge in [0.1, 0.15) is 0 Å². The summed E-state index contributed by atoms with van der Waals surface area (Å²) in [7, 11) is 0. The van der Waals surface area contributed by atoms with Crippen molar-refractivity contribution in [2.24, 2.45) is 0 Å². The Morgan fingerprint density at radius 3 is 2.55 bits per heavy atom. The van der Waals surface area contributed by atoms with Crippen LogP contribution in [0.5, 0.6) is 0 Å². The summed E-state index contributed by atoms with van der Waals surface area (Å²) in [5, 5.41) is 3.87. The Labute approximate surface area is 129 Å². The lowest BCUT2D eigenvalue weighted by atomic mass is 10.0. The van der Waals surface area contributed by atoms with E-state index in [0.29, 0.717) is 18.7 Å². The van der Waals surface area contributed by atoms with E-state index in [0.717, 1.165) is 22.2 Å². The minimum atomic E-state index is -0.233. The van der Waals surface area contributed by atoms with Crippen molar-refractivity contribution in [1.29, 1.82) is 0 Å². The van der Waals surface area contributed by atoms with Crippen LogP contribution in [0.1, 0.15) is 23.1 Å². The van der Waals surface area contributed by atoms with E-state index in [4.69, 9.17) is 0 Å². The highest BCUT2D eigenvalue weighted by molar-refractivity contribution is 5.80. The maximum Gasteiger partial charge on any atom is 0.207 e. The number of nitrogens with zero attached hydrogens (tertiary/aromatic N) is 2. The van der Waals surface area contributed by atoms with Gasteiger partial charge in [-0.2, -0.15) is 0 Å². The van der Waals surface area contributed by atoms with Crippen LogP contribution in [0.2, 0.25) is 0 Å². The van der Waals surface area contributed by atoms with Gasteiger partial charge in [-0.3, -0.25) is 4.79 Å². The van der Waals surface area contributed by atoms with Crippen LogP contribution < -0.4 is 5.32 Å². The van der Waals surface area contributed by atoms with Gasteiger partial charge in [-0.05, 0) is 25.0 Å². The average molecular weight is 291 g/mol. The summed E-state index contributed by atoms with van der Waals surface area (Å²) in [5.74, 6) is 0.646. The third kappa shape index (κ3) is 2.96. The Balaban J connectivity index is 1.99. The van der Waals surface area contributed by atoms with E-state index >= 15 is 0 Å². The molecule has 3 rings (SSSR count). The molecule has 0 fully saturated rings. The van der Waals surface area contributed by atoms with E-state index in [1.807, 2.05) is 61.5 Å². The second kappa shape index (κ2) is 6.35. The van der Waals surface area contributed by atoms with Crippen molar-refractivity contribution in [1.82, 2.24) is 15.3 Å². The van der Waals surface area contributed by atoms with Crippen LogP contribution in [-0.2, 0) is 11.2 Å². The summed E-state index contributed by atoms with van der Waals surface area (Å²) >= 11 is 0. The first kappa shape index (κ1) is 14.2. The van der Waals surface area contributed by atoms with Crippen molar-refractivity contribution in [2.45, 2.75) is 19.4 Å². The molecule has 2 aromatic carbocycles. The lowest BCUT2D eigenvalue weighted by Crippen LogP contribution is -2.24. The standard InChI is InChI=1S/C18H17N3O/c1-13-15-9-5-6-10-16(15)21-18(20-13)17(19-12-22)11-14-7-3-2-4-8-14/h2-10,12,17H,11H2,1H3,(H,19,22). The molecule has 1 unspecified atom stereocenters. The molecular weight excluding hydrogens is 274 g/mol. The first-order chi connectivity index (χ1) is 10.8. The molecule has 0 bridgehead atoms. The molecule has 0 aliphatic heterocycles. The van der Waals surface area contributed by atoms with Crippen molar-refractivity contribution < 1.29 is 4.79 Å². The summed E-state index contributed by atoms with van der Waals surface area (Å²) in [6.07, 6.45) is 1.37. The average Bonchev–Trinajstić information content (AvgIpc) is 2.55. The molecule has 0 aliphatic carbocycles. The zero-order valence-corrected chi connectivity index (χ0v) is 12.4. The fourth-order valence-corrected chi connectivity index (χ4v) is 2.57. The lowest BCUT2D eigenvalue weighted by Gasteiger charge is -2.16. The number of hydrogen-bond acceptors (Lipinski definition) is 3. The van der Waals surface area contributed by atoms with E-state index in [1.54, 1.807) is 0 Å². The highest BCUT2D eigenvalue weighted by atomic mass is 16.1. The van der Waals surface area contributed by atoms with Gasteiger partial charge >= 0.3 is 0 Å². The fraction of sp³-hybridized carbons (Fsp3) is 0.167. The largest absolute Gasteiger partial charge is 0.348 e. The zero-order chi connectivity index (χ0) is 15.4. The maximum atomic E-state index is 11.0. The van der Waals surface area contributed by atoms with Crippen LogP contribution in [0, 0.1) is 6.92 Å². The van der Waals surface area contributed by atoms with Crippen LogP contribution in [0.3, 0.4) is 0 Å². The molecule has 4 heteroatoms. The van der Waals surface area contributed by atoms with Crippen LogP contribution in [0.4, 0.5) is 0 Å². The highest BCUT2D eigenvalue weighted by Crippen LogP contribution is 2.20. The number of rotatable bonds is 5. The van der Waals surface area contributed by atoms with Gasteiger partial charge in [0.05, 0.1) is 11.6 Å². The monoisotopic (exact) mass is 291 g/mol. The molecule has 1 heterocycles. The number of benzene rings is 2. The van der Waals surface area contributed by atoms with Gasteiger partial charge in [0.2, 0.25) is 6.41 Å². The number of aromatic nitrogens is 2. The second-order valence-corrected chi connectivity index (χ2v) is 5.21. The van der Waals surface area contributed by atoms with Gasteiger partial charge in [0.25, 0.3) is 0 Å². The molecule has 110 valence electrons. The molecule has 4 nitrogen and oxygen atoms in total. The Kier molecular flexibility index (Phi) is 4.10. The molecular formula is C18H17N3O. The number of carbonyl (C=O) groups is 1. The summed E-state index contributed by atoms with van der Waals surface area (Å²) in [4.78, 5) is 20.2. The Morgan fingerprint density at radius 1 is 1.05 bits per heavy atom. The van der Waals surface area contributed by atoms with E-state index < -0.39 is 0 Å². The topological polar surface area (TPSA) is 54.9 Å². The normalized spacial score (nSPS) is 12.0. The fourth-order valence-electron chi connectivity index (χ4n) is 2.57. The highest BCUT2D eigenvalue weighted by Gasteiger charge is 2.16. The second-order valence-electron chi connectivity index (χ2n) is 5.21. The molecule has 0 spiro atoms. The predicted molar refractivity (Wildman–Crippen MR) is 86.4 cm³/mol. The summed E-state index contributed by atoms with van der Waals surface area (Å²) in [6.45, 7) is 1.97. The first-order valence-electron chi connectivity index (χ1n) is 7.25.